The van der Waals surface area contributed by atoms with E-state index in [1.165, 1.54) is 0 Å². The van der Waals surface area contributed by atoms with Crippen molar-refractivity contribution >= 4 is 27.8 Å². The van der Waals surface area contributed by atoms with Crippen molar-refractivity contribution < 1.29 is 23.8 Å². The highest BCUT2D eigenvalue weighted by Crippen LogP contribution is 2.48. The molecular formula is C27H25NO5. The number of furan rings is 1. The van der Waals surface area contributed by atoms with Gasteiger partial charge in [0.1, 0.15) is 17.0 Å². The van der Waals surface area contributed by atoms with E-state index in [9.17, 15) is 9.90 Å². The van der Waals surface area contributed by atoms with E-state index in [4.69, 9.17) is 18.9 Å². The molecule has 168 valence electrons. The third-order valence-electron chi connectivity index (χ3n) is 7.19. The molecule has 0 radical (unpaired) electrons. The Hall–Kier alpha value is -3.38. The molecule has 6 rings (SSSR count). The number of aryl methyl sites for hydroxylation is 2. The zero-order chi connectivity index (χ0) is 22.7. The molecule has 1 aliphatic heterocycles. The van der Waals surface area contributed by atoms with Crippen molar-refractivity contribution in [2.45, 2.75) is 38.7 Å². The summed E-state index contributed by atoms with van der Waals surface area (Å²) >= 11 is 0. The smallest absolute Gasteiger partial charge is 0.336 e. The molecule has 2 aromatic carbocycles. The summed E-state index contributed by atoms with van der Waals surface area (Å²) in [5.74, 6) is 0.564. The molecule has 1 spiro atoms. The standard InChI is InChI=1S/C27H25NO5/c1-15-7-8-22(31-14-17-12-27(13-17)9-10-32-27)23-19(26(29)30)11-20(28-24(15)23)25-16(2)18-5-3-4-6-21(18)33-25/h3-8,11,17H,9-10,12-14H2,1-2H3,(H,29,30). The van der Waals surface area contributed by atoms with E-state index in [2.05, 4.69) is 0 Å². The van der Waals surface area contributed by atoms with Crippen LogP contribution in [0.4, 0.5) is 0 Å². The first-order valence-corrected chi connectivity index (χ1v) is 11.4. The molecule has 0 bridgehead atoms. The second-order valence-electron chi connectivity index (χ2n) is 9.38. The summed E-state index contributed by atoms with van der Waals surface area (Å²) in [5.41, 5.74) is 3.98. The maximum Gasteiger partial charge on any atom is 0.336 e. The lowest BCUT2D eigenvalue weighted by atomic mass is 9.67. The number of pyridine rings is 1. The largest absolute Gasteiger partial charge is 0.493 e. The van der Waals surface area contributed by atoms with Crippen LogP contribution in [0.15, 0.2) is 46.9 Å². The minimum Gasteiger partial charge on any atom is -0.493 e. The van der Waals surface area contributed by atoms with Gasteiger partial charge < -0.3 is 19.0 Å². The van der Waals surface area contributed by atoms with Crippen LogP contribution in [-0.4, -0.2) is 34.9 Å². The number of aromatic nitrogens is 1. The Kier molecular flexibility index (Phi) is 4.49. The molecule has 6 heteroatoms. The topological polar surface area (TPSA) is 81.8 Å². The number of carbonyl (C=O) groups is 1. The SMILES string of the molecule is Cc1c(-c2cc(C(=O)O)c3c(OCC4CC5(CCO5)C4)ccc(C)c3n2)oc2ccccc12. The fourth-order valence-corrected chi connectivity index (χ4v) is 5.30. The number of para-hydroxylation sites is 1. The van der Waals surface area contributed by atoms with Crippen molar-refractivity contribution in [3.63, 3.8) is 0 Å². The number of aromatic carboxylic acids is 1. The highest BCUT2D eigenvalue weighted by atomic mass is 16.5. The van der Waals surface area contributed by atoms with Crippen molar-refractivity contribution in [3.05, 3.63) is 59.2 Å². The van der Waals surface area contributed by atoms with Crippen molar-refractivity contribution in [2.24, 2.45) is 5.92 Å². The normalized spacial score (nSPS) is 21.8. The first-order chi connectivity index (χ1) is 15.9. The van der Waals surface area contributed by atoms with E-state index < -0.39 is 5.97 Å². The summed E-state index contributed by atoms with van der Waals surface area (Å²) in [6.07, 6.45) is 3.15. The Labute approximate surface area is 191 Å². The van der Waals surface area contributed by atoms with Gasteiger partial charge in [0.05, 0.1) is 35.3 Å². The minimum absolute atomic E-state index is 0.0937. The molecule has 4 aromatic rings. The van der Waals surface area contributed by atoms with E-state index in [-0.39, 0.29) is 11.2 Å². The molecule has 0 atom stereocenters. The highest BCUT2D eigenvalue weighted by Gasteiger charge is 2.50. The lowest BCUT2D eigenvalue weighted by Crippen LogP contribution is -2.55. The monoisotopic (exact) mass is 443 g/mol. The first-order valence-electron chi connectivity index (χ1n) is 11.4. The molecular weight excluding hydrogens is 418 g/mol. The van der Waals surface area contributed by atoms with Gasteiger partial charge in [-0.3, -0.25) is 0 Å². The second-order valence-corrected chi connectivity index (χ2v) is 9.38. The predicted molar refractivity (Wildman–Crippen MR) is 125 cm³/mol. The van der Waals surface area contributed by atoms with Crippen molar-refractivity contribution in [1.29, 1.82) is 0 Å². The predicted octanol–water partition coefficient (Wildman–Crippen LogP) is 5.91. The molecule has 0 unspecified atom stereocenters. The van der Waals surface area contributed by atoms with E-state index in [0.717, 1.165) is 48.0 Å². The number of benzene rings is 2. The van der Waals surface area contributed by atoms with Gasteiger partial charge in [0.15, 0.2) is 5.76 Å². The molecule has 33 heavy (non-hydrogen) atoms. The molecule has 2 aliphatic rings. The Bertz CT molecular complexity index is 1410. The molecule has 6 nitrogen and oxygen atoms in total. The third kappa shape index (κ3) is 3.20. The molecule has 1 N–H and O–H groups in total. The number of fused-ring (bicyclic) bond motifs is 2. The van der Waals surface area contributed by atoms with Gasteiger partial charge in [-0.2, -0.15) is 0 Å². The third-order valence-corrected chi connectivity index (χ3v) is 7.19. The van der Waals surface area contributed by atoms with E-state index >= 15 is 0 Å². The van der Waals surface area contributed by atoms with Gasteiger partial charge in [0.2, 0.25) is 0 Å². The van der Waals surface area contributed by atoms with Crippen LogP contribution >= 0.6 is 0 Å². The molecule has 1 aliphatic carbocycles. The van der Waals surface area contributed by atoms with Crippen LogP contribution < -0.4 is 4.74 Å². The van der Waals surface area contributed by atoms with Crippen LogP contribution in [0.1, 0.15) is 40.7 Å². The maximum atomic E-state index is 12.3. The maximum absolute atomic E-state index is 12.3. The molecule has 2 aromatic heterocycles. The summed E-state index contributed by atoms with van der Waals surface area (Å²) in [4.78, 5) is 17.2. The molecule has 2 fully saturated rings. The number of nitrogens with zero attached hydrogens (tertiary/aromatic N) is 1. The Morgan fingerprint density at radius 3 is 2.70 bits per heavy atom. The number of rotatable bonds is 5. The van der Waals surface area contributed by atoms with Gasteiger partial charge in [0.25, 0.3) is 0 Å². The zero-order valence-corrected chi connectivity index (χ0v) is 18.7. The molecule has 0 amide bonds. The minimum atomic E-state index is -1.02. The van der Waals surface area contributed by atoms with Gasteiger partial charge >= 0.3 is 5.97 Å². The first kappa shape index (κ1) is 20.2. The Morgan fingerprint density at radius 1 is 1.21 bits per heavy atom. The summed E-state index contributed by atoms with van der Waals surface area (Å²) in [5, 5.41) is 11.6. The fraction of sp³-hybridized carbons (Fsp3) is 0.333. The molecule has 1 saturated heterocycles. The van der Waals surface area contributed by atoms with Crippen LogP contribution in [0.2, 0.25) is 0 Å². The van der Waals surface area contributed by atoms with Crippen LogP contribution in [0.25, 0.3) is 33.3 Å². The number of carboxylic acid groups (broad SMARTS) is 1. The molecule has 1 saturated carbocycles. The average Bonchev–Trinajstić information content (AvgIpc) is 3.09. The van der Waals surface area contributed by atoms with Crippen LogP contribution in [0.5, 0.6) is 5.75 Å². The van der Waals surface area contributed by atoms with Gasteiger partial charge in [0, 0.05) is 10.9 Å². The average molecular weight is 443 g/mol. The number of hydrogen-bond acceptors (Lipinski definition) is 5. The van der Waals surface area contributed by atoms with Crippen molar-refractivity contribution in [1.82, 2.24) is 4.98 Å². The second kappa shape index (κ2) is 7.32. The summed E-state index contributed by atoms with van der Waals surface area (Å²) < 4.78 is 18.0. The zero-order valence-electron chi connectivity index (χ0n) is 18.7. The fourth-order valence-electron chi connectivity index (χ4n) is 5.30. The number of carboxylic acids is 1. The van der Waals surface area contributed by atoms with Crippen LogP contribution in [-0.2, 0) is 4.74 Å². The number of hydrogen-bond donors (Lipinski definition) is 1. The van der Waals surface area contributed by atoms with Crippen LogP contribution in [0.3, 0.4) is 0 Å². The van der Waals surface area contributed by atoms with E-state index in [1.807, 2.05) is 50.2 Å². The Balaban J connectivity index is 1.41. The quantitative estimate of drug-likeness (QED) is 0.413. The lowest BCUT2D eigenvalue weighted by molar-refractivity contribution is -0.216. The van der Waals surface area contributed by atoms with Gasteiger partial charge in [-0.25, -0.2) is 9.78 Å². The van der Waals surface area contributed by atoms with Gasteiger partial charge in [-0.05, 0) is 62.8 Å². The number of ether oxygens (including phenoxy) is 2. The van der Waals surface area contributed by atoms with Gasteiger partial charge in [-0.1, -0.05) is 24.3 Å². The van der Waals surface area contributed by atoms with Crippen molar-refractivity contribution in [3.8, 4) is 17.2 Å². The summed E-state index contributed by atoms with van der Waals surface area (Å²) in [6, 6.07) is 13.2. The molecule has 3 heterocycles. The summed E-state index contributed by atoms with van der Waals surface area (Å²) in [7, 11) is 0. The lowest BCUT2D eigenvalue weighted by Gasteiger charge is -2.53. The van der Waals surface area contributed by atoms with Crippen molar-refractivity contribution in [2.75, 3.05) is 13.2 Å². The Morgan fingerprint density at radius 2 is 2.00 bits per heavy atom. The van der Waals surface area contributed by atoms with E-state index in [0.29, 0.717) is 40.6 Å². The van der Waals surface area contributed by atoms with Gasteiger partial charge in [-0.15, -0.1) is 0 Å². The van der Waals surface area contributed by atoms with E-state index in [1.54, 1.807) is 6.07 Å². The van der Waals surface area contributed by atoms with Crippen LogP contribution in [0, 0.1) is 19.8 Å². The summed E-state index contributed by atoms with van der Waals surface area (Å²) in [6.45, 7) is 5.31. The highest BCUT2D eigenvalue weighted by molar-refractivity contribution is 6.07.